The summed E-state index contributed by atoms with van der Waals surface area (Å²) >= 11 is 1.06. The highest BCUT2D eigenvalue weighted by molar-refractivity contribution is 7.13. The number of alkyl halides is 3. The summed E-state index contributed by atoms with van der Waals surface area (Å²) in [5.74, 6) is -1.05. The average molecular weight is 308 g/mol. The normalized spacial score (nSPS) is 16.2. The van der Waals surface area contributed by atoms with E-state index in [1.807, 2.05) is 0 Å². The van der Waals surface area contributed by atoms with Crippen LogP contribution in [0.5, 0.6) is 0 Å². The first-order valence-corrected chi connectivity index (χ1v) is 7.02. The van der Waals surface area contributed by atoms with Crippen LogP contribution in [0.2, 0.25) is 0 Å². The molecule has 1 N–H and O–H groups in total. The number of aromatic nitrogens is 1. The summed E-state index contributed by atoms with van der Waals surface area (Å²) < 4.78 is 37.8. The van der Waals surface area contributed by atoms with Crippen LogP contribution in [0.15, 0.2) is 5.38 Å². The van der Waals surface area contributed by atoms with Crippen LogP contribution in [0, 0.1) is 0 Å². The maximum Gasteiger partial charge on any atom is 0.406 e. The summed E-state index contributed by atoms with van der Waals surface area (Å²) in [5.41, 5.74) is -0.916. The van der Waals surface area contributed by atoms with Crippen LogP contribution in [0.1, 0.15) is 32.4 Å². The molecule has 0 saturated heterocycles. The van der Waals surface area contributed by atoms with E-state index in [-0.39, 0.29) is 16.9 Å². The number of carboxylic acids is 1. The Morgan fingerprint density at radius 3 is 2.55 bits per heavy atom. The van der Waals surface area contributed by atoms with Crippen molar-refractivity contribution in [2.75, 3.05) is 11.4 Å². The maximum absolute atomic E-state index is 12.6. The minimum atomic E-state index is -4.29. The fourth-order valence-corrected chi connectivity index (χ4v) is 2.79. The Morgan fingerprint density at radius 2 is 2.10 bits per heavy atom. The van der Waals surface area contributed by atoms with Crippen LogP contribution >= 0.6 is 11.3 Å². The van der Waals surface area contributed by atoms with Crippen molar-refractivity contribution in [2.24, 2.45) is 0 Å². The summed E-state index contributed by atoms with van der Waals surface area (Å²) in [7, 11) is 0. The largest absolute Gasteiger partial charge is 0.481 e. The van der Waals surface area contributed by atoms with Crippen molar-refractivity contribution in [3.05, 3.63) is 11.1 Å². The van der Waals surface area contributed by atoms with Crippen LogP contribution in [-0.2, 0) is 10.2 Å². The van der Waals surface area contributed by atoms with E-state index in [4.69, 9.17) is 5.11 Å². The van der Waals surface area contributed by atoms with E-state index < -0.39 is 24.1 Å². The second kappa shape index (κ2) is 4.91. The Balaban J connectivity index is 2.23. The molecule has 0 aromatic carbocycles. The molecule has 0 amide bonds. The van der Waals surface area contributed by atoms with Crippen LogP contribution in [-0.4, -0.2) is 34.8 Å². The molecular formula is C12H15F3N2O2S. The number of carbonyl (C=O) groups is 1. The molecule has 0 atom stereocenters. The van der Waals surface area contributed by atoms with Gasteiger partial charge >= 0.3 is 12.1 Å². The van der Waals surface area contributed by atoms with Gasteiger partial charge < -0.3 is 10.0 Å². The minimum absolute atomic E-state index is 0.136. The Bertz CT molecular complexity index is 509. The second-order valence-corrected chi connectivity index (χ2v) is 6.26. The van der Waals surface area contributed by atoms with E-state index in [1.165, 1.54) is 24.1 Å². The van der Waals surface area contributed by atoms with Gasteiger partial charge in [0.15, 0.2) is 5.13 Å². The zero-order chi connectivity index (χ0) is 15.1. The number of thiazole rings is 1. The molecule has 112 valence electrons. The van der Waals surface area contributed by atoms with Gasteiger partial charge in [0, 0.05) is 11.4 Å². The molecule has 0 bridgehead atoms. The standard InChI is InChI=1S/C12H15F3N2O2S/c1-11(2,9(18)19)8-5-20-10(16-8)17(7-3-4-7)6-12(13,14)15/h5,7H,3-4,6H2,1-2H3,(H,18,19). The van der Waals surface area contributed by atoms with E-state index in [1.54, 1.807) is 0 Å². The van der Waals surface area contributed by atoms with Crippen LogP contribution in [0.3, 0.4) is 0 Å². The summed E-state index contributed by atoms with van der Waals surface area (Å²) in [6.45, 7) is 1.93. The Morgan fingerprint density at radius 1 is 1.50 bits per heavy atom. The first-order chi connectivity index (χ1) is 9.11. The topological polar surface area (TPSA) is 53.4 Å². The van der Waals surface area contributed by atoms with Gasteiger partial charge in [-0.1, -0.05) is 0 Å². The maximum atomic E-state index is 12.6. The van der Waals surface area contributed by atoms with Crippen molar-refractivity contribution in [2.45, 2.75) is 44.3 Å². The zero-order valence-electron chi connectivity index (χ0n) is 11.1. The van der Waals surface area contributed by atoms with Gasteiger partial charge in [-0.25, -0.2) is 4.98 Å². The minimum Gasteiger partial charge on any atom is -0.481 e. The first-order valence-electron chi connectivity index (χ1n) is 6.14. The number of carboxylic acid groups (broad SMARTS) is 1. The molecule has 1 aliphatic carbocycles. The molecule has 20 heavy (non-hydrogen) atoms. The van der Waals surface area contributed by atoms with Crippen LogP contribution in [0.25, 0.3) is 0 Å². The molecule has 1 aromatic rings. The molecule has 1 heterocycles. The number of nitrogens with zero attached hydrogens (tertiary/aromatic N) is 2. The Labute approximate surface area is 118 Å². The average Bonchev–Trinajstić information content (AvgIpc) is 3.01. The number of anilines is 1. The molecular weight excluding hydrogens is 293 g/mol. The molecule has 1 fully saturated rings. The molecule has 0 unspecified atom stereocenters. The van der Waals surface area contributed by atoms with Gasteiger partial charge in [-0.15, -0.1) is 11.3 Å². The Hall–Kier alpha value is -1.31. The lowest BCUT2D eigenvalue weighted by Gasteiger charge is -2.23. The predicted octanol–water partition coefficient (Wildman–Crippen LogP) is 3.04. The zero-order valence-corrected chi connectivity index (χ0v) is 11.9. The van der Waals surface area contributed by atoms with E-state index in [0.717, 1.165) is 11.3 Å². The third kappa shape index (κ3) is 3.23. The number of hydrogen-bond acceptors (Lipinski definition) is 4. The molecule has 4 nitrogen and oxygen atoms in total. The van der Waals surface area contributed by atoms with E-state index in [2.05, 4.69) is 4.98 Å². The van der Waals surface area contributed by atoms with E-state index in [0.29, 0.717) is 12.8 Å². The van der Waals surface area contributed by atoms with Gasteiger partial charge in [-0.2, -0.15) is 13.2 Å². The quantitative estimate of drug-likeness (QED) is 0.908. The molecule has 1 aliphatic rings. The van der Waals surface area contributed by atoms with Gasteiger partial charge in [0.2, 0.25) is 0 Å². The van der Waals surface area contributed by atoms with Crippen molar-refractivity contribution >= 4 is 22.4 Å². The highest BCUT2D eigenvalue weighted by Gasteiger charge is 2.40. The van der Waals surface area contributed by atoms with Crippen molar-refractivity contribution in [1.29, 1.82) is 0 Å². The SMILES string of the molecule is CC(C)(C(=O)O)c1csc(N(CC(F)(F)F)C2CC2)n1. The molecule has 2 rings (SSSR count). The van der Waals surface area contributed by atoms with E-state index in [9.17, 15) is 18.0 Å². The Kier molecular flexibility index (Phi) is 3.70. The lowest BCUT2D eigenvalue weighted by atomic mass is 9.90. The van der Waals surface area contributed by atoms with Crippen molar-refractivity contribution in [1.82, 2.24) is 4.98 Å². The third-order valence-corrected chi connectivity index (χ3v) is 4.13. The smallest absolute Gasteiger partial charge is 0.406 e. The summed E-state index contributed by atoms with van der Waals surface area (Å²) in [6, 6.07) is -0.136. The lowest BCUT2D eigenvalue weighted by molar-refractivity contribution is -0.142. The monoisotopic (exact) mass is 308 g/mol. The number of aliphatic carboxylic acids is 1. The number of hydrogen-bond donors (Lipinski definition) is 1. The molecule has 0 radical (unpaired) electrons. The predicted molar refractivity (Wildman–Crippen MR) is 69.2 cm³/mol. The van der Waals surface area contributed by atoms with Crippen molar-refractivity contribution < 1.29 is 23.1 Å². The summed E-state index contributed by atoms with van der Waals surface area (Å²) in [5, 5.41) is 10.9. The fourth-order valence-electron chi connectivity index (χ4n) is 1.73. The van der Waals surface area contributed by atoms with Gasteiger partial charge in [0.1, 0.15) is 12.0 Å². The van der Waals surface area contributed by atoms with Gasteiger partial charge in [0.05, 0.1) is 5.69 Å². The third-order valence-electron chi connectivity index (χ3n) is 3.25. The second-order valence-electron chi connectivity index (χ2n) is 5.42. The van der Waals surface area contributed by atoms with Gasteiger partial charge in [0.25, 0.3) is 0 Å². The number of halogens is 3. The van der Waals surface area contributed by atoms with Crippen molar-refractivity contribution in [3.63, 3.8) is 0 Å². The highest BCUT2D eigenvalue weighted by Crippen LogP contribution is 2.37. The molecule has 1 aromatic heterocycles. The summed E-state index contributed by atoms with van der Waals surface area (Å²) in [6.07, 6.45) is -2.86. The lowest BCUT2D eigenvalue weighted by Crippen LogP contribution is -2.36. The molecule has 0 aliphatic heterocycles. The van der Waals surface area contributed by atoms with Crippen LogP contribution in [0.4, 0.5) is 18.3 Å². The number of rotatable bonds is 5. The highest BCUT2D eigenvalue weighted by atomic mass is 32.1. The van der Waals surface area contributed by atoms with Gasteiger partial charge in [-0.3, -0.25) is 4.79 Å². The molecule has 8 heteroatoms. The van der Waals surface area contributed by atoms with Crippen molar-refractivity contribution in [3.8, 4) is 0 Å². The van der Waals surface area contributed by atoms with E-state index >= 15 is 0 Å². The van der Waals surface area contributed by atoms with Crippen LogP contribution < -0.4 is 4.90 Å². The molecule has 0 spiro atoms. The first kappa shape index (κ1) is 15.1. The summed E-state index contributed by atoms with van der Waals surface area (Å²) in [4.78, 5) is 16.5. The fraction of sp³-hybridized carbons (Fsp3) is 0.667. The molecule has 1 saturated carbocycles. The van der Waals surface area contributed by atoms with Gasteiger partial charge in [-0.05, 0) is 26.7 Å².